The van der Waals surface area contributed by atoms with E-state index in [0.29, 0.717) is 5.69 Å². The fourth-order valence-corrected chi connectivity index (χ4v) is 6.10. The molecule has 0 saturated heterocycles. The van der Waals surface area contributed by atoms with E-state index >= 15 is 0 Å². The molecule has 0 spiro atoms. The highest BCUT2D eigenvalue weighted by Gasteiger charge is 2.32. The third-order valence-electron chi connectivity index (χ3n) is 6.87. The molecule has 1 atom stereocenters. The van der Waals surface area contributed by atoms with Crippen LogP contribution in [0, 0.1) is 0 Å². The fraction of sp³-hybridized carbons (Fsp3) is 0.500. The third-order valence-corrected chi connectivity index (χ3v) is 8.49. The molecule has 0 bridgehead atoms. The van der Waals surface area contributed by atoms with E-state index in [4.69, 9.17) is 0 Å². The summed E-state index contributed by atoms with van der Waals surface area (Å²) in [7, 11) is -3.77. The highest BCUT2D eigenvalue weighted by atomic mass is 79.9. The van der Waals surface area contributed by atoms with Gasteiger partial charge < -0.3 is 10.2 Å². The van der Waals surface area contributed by atoms with E-state index in [0.717, 1.165) is 51.8 Å². The molecule has 1 unspecified atom stereocenters. The predicted octanol–water partition coefficient (Wildman–Crippen LogP) is 5.20. The first-order valence-corrected chi connectivity index (χ1v) is 15.5. The Balaban J connectivity index is 1.92. The summed E-state index contributed by atoms with van der Waals surface area (Å²) in [5.74, 6) is -0.590. The number of anilines is 1. The molecule has 7 nitrogen and oxygen atoms in total. The van der Waals surface area contributed by atoms with Gasteiger partial charge in [-0.1, -0.05) is 79.4 Å². The summed E-state index contributed by atoms with van der Waals surface area (Å²) in [5.41, 5.74) is 2.16. The number of nitrogens with one attached hydrogen (secondary N) is 1. The molecule has 2 amide bonds. The van der Waals surface area contributed by atoms with E-state index in [1.807, 2.05) is 50.2 Å². The molecular formula is C28H38BrN3O4S. The molecule has 1 N–H and O–H groups in total. The first-order chi connectivity index (χ1) is 17.5. The van der Waals surface area contributed by atoms with Crippen LogP contribution in [0.25, 0.3) is 0 Å². The van der Waals surface area contributed by atoms with Crippen molar-refractivity contribution >= 4 is 43.5 Å². The summed E-state index contributed by atoms with van der Waals surface area (Å²) < 4.78 is 27.8. The molecule has 37 heavy (non-hydrogen) atoms. The van der Waals surface area contributed by atoms with Crippen molar-refractivity contribution in [3.63, 3.8) is 0 Å². The van der Waals surface area contributed by atoms with Crippen molar-refractivity contribution < 1.29 is 18.0 Å². The molecular weight excluding hydrogens is 554 g/mol. The molecule has 9 heteroatoms. The van der Waals surface area contributed by atoms with Crippen LogP contribution in [0.4, 0.5) is 5.69 Å². The van der Waals surface area contributed by atoms with Gasteiger partial charge in [0.25, 0.3) is 0 Å². The van der Waals surface area contributed by atoms with Gasteiger partial charge in [0, 0.05) is 17.1 Å². The van der Waals surface area contributed by atoms with Crippen molar-refractivity contribution in [2.45, 2.75) is 77.4 Å². The van der Waals surface area contributed by atoms with Crippen LogP contribution in [0.2, 0.25) is 0 Å². The number of para-hydroxylation sites is 1. The molecule has 3 rings (SSSR count). The van der Waals surface area contributed by atoms with E-state index in [2.05, 4.69) is 21.2 Å². The smallest absolute Gasteiger partial charge is 0.244 e. The maximum absolute atomic E-state index is 13.8. The number of hydrogen-bond acceptors (Lipinski definition) is 4. The average Bonchev–Trinajstić information content (AvgIpc) is 2.85. The highest BCUT2D eigenvalue weighted by Crippen LogP contribution is 2.29. The van der Waals surface area contributed by atoms with Crippen LogP contribution < -0.4 is 9.62 Å². The van der Waals surface area contributed by atoms with Gasteiger partial charge in [0.15, 0.2) is 0 Å². The van der Waals surface area contributed by atoms with Gasteiger partial charge in [0.2, 0.25) is 21.8 Å². The lowest BCUT2D eigenvalue weighted by Crippen LogP contribution is -2.53. The maximum Gasteiger partial charge on any atom is 0.244 e. The number of amides is 2. The van der Waals surface area contributed by atoms with E-state index < -0.39 is 28.5 Å². The van der Waals surface area contributed by atoms with Gasteiger partial charge in [-0.2, -0.15) is 0 Å². The van der Waals surface area contributed by atoms with Crippen LogP contribution >= 0.6 is 15.9 Å². The second-order valence-corrected chi connectivity index (χ2v) is 13.0. The lowest BCUT2D eigenvalue weighted by Gasteiger charge is -2.33. The van der Waals surface area contributed by atoms with Crippen molar-refractivity contribution in [2.24, 2.45) is 0 Å². The first-order valence-electron chi connectivity index (χ1n) is 12.9. The zero-order valence-corrected chi connectivity index (χ0v) is 24.5. The van der Waals surface area contributed by atoms with Crippen molar-refractivity contribution in [3.05, 3.63) is 64.1 Å². The molecule has 1 aliphatic rings. The predicted molar refractivity (Wildman–Crippen MR) is 152 cm³/mol. The molecule has 0 radical (unpaired) electrons. The molecule has 0 aliphatic heterocycles. The third kappa shape index (κ3) is 8.04. The summed E-state index contributed by atoms with van der Waals surface area (Å²) in [6.07, 6.45) is 6.32. The van der Waals surface area contributed by atoms with E-state index in [9.17, 15) is 18.0 Å². The van der Waals surface area contributed by atoms with Crippen LogP contribution in [0.15, 0.2) is 53.0 Å². The van der Waals surface area contributed by atoms with E-state index in [1.165, 1.54) is 11.3 Å². The Hall–Kier alpha value is -2.39. The largest absolute Gasteiger partial charge is 0.352 e. The maximum atomic E-state index is 13.8. The number of carbonyl (C=O) groups is 2. The monoisotopic (exact) mass is 591 g/mol. The Bertz CT molecular complexity index is 1200. The summed E-state index contributed by atoms with van der Waals surface area (Å²) in [4.78, 5) is 28.6. The summed E-state index contributed by atoms with van der Waals surface area (Å²) in [6, 6.07) is 14.1. The zero-order chi connectivity index (χ0) is 27.2. The van der Waals surface area contributed by atoms with Gasteiger partial charge in [-0.3, -0.25) is 13.9 Å². The van der Waals surface area contributed by atoms with Gasteiger partial charge in [-0.25, -0.2) is 8.42 Å². The topological polar surface area (TPSA) is 86.8 Å². The standard InChI is InChI=1S/C28H38BrN3O4S/c1-20(2)25-15-8-9-16-26(25)32(37(4,35)36)19-27(33)31(18-22-11-10-12-23(29)17-22)21(3)28(34)30-24-13-6-5-7-14-24/h8-12,15-17,20-21,24H,5-7,13-14,18-19H2,1-4H3,(H,30,34). The molecule has 0 aromatic heterocycles. The summed E-state index contributed by atoms with van der Waals surface area (Å²) in [6.45, 7) is 5.47. The second-order valence-electron chi connectivity index (χ2n) is 10.2. The Morgan fingerprint density at radius 3 is 2.32 bits per heavy atom. The lowest BCUT2D eigenvalue weighted by molar-refractivity contribution is -0.139. The normalized spacial score (nSPS) is 15.3. The zero-order valence-electron chi connectivity index (χ0n) is 22.1. The molecule has 1 fully saturated rings. The van der Waals surface area contributed by atoms with Crippen molar-refractivity contribution in [1.82, 2.24) is 10.2 Å². The van der Waals surface area contributed by atoms with Gasteiger partial charge >= 0.3 is 0 Å². The number of nitrogens with zero attached hydrogens (tertiary/aromatic N) is 2. The minimum atomic E-state index is -3.77. The van der Waals surface area contributed by atoms with Crippen molar-refractivity contribution in [2.75, 3.05) is 17.1 Å². The number of carbonyl (C=O) groups excluding carboxylic acids is 2. The van der Waals surface area contributed by atoms with Crippen molar-refractivity contribution in [3.8, 4) is 0 Å². The molecule has 1 saturated carbocycles. The number of hydrogen-bond donors (Lipinski definition) is 1. The molecule has 2 aromatic rings. The average molecular weight is 593 g/mol. The first kappa shape index (κ1) is 29.2. The van der Waals surface area contributed by atoms with Gasteiger partial charge in [0.1, 0.15) is 12.6 Å². The quantitative estimate of drug-likeness (QED) is 0.411. The lowest BCUT2D eigenvalue weighted by atomic mass is 9.95. The van der Waals surface area contributed by atoms with Gasteiger partial charge in [0.05, 0.1) is 11.9 Å². The number of benzene rings is 2. The van der Waals surface area contributed by atoms with E-state index in [-0.39, 0.29) is 24.4 Å². The molecule has 0 heterocycles. The molecule has 202 valence electrons. The number of halogens is 1. The van der Waals surface area contributed by atoms with Crippen LogP contribution in [0.3, 0.4) is 0 Å². The summed E-state index contributed by atoms with van der Waals surface area (Å²) >= 11 is 3.47. The highest BCUT2D eigenvalue weighted by molar-refractivity contribution is 9.10. The minimum absolute atomic E-state index is 0.0634. The van der Waals surface area contributed by atoms with Crippen LogP contribution in [0.5, 0.6) is 0 Å². The van der Waals surface area contributed by atoms with Crippen LogP contribution in [0.1, 0.15) is 69.9 Å². The summed E-state index contributed by atoms with van der Waals surface area (Å²) in [5, 5.41) is 3.12. The Kier molecular flexibility index (Phi) is 10.2. The molecule has 2 aromatic carbocycles. The Labute approximate surface area is 229 Å². The number of rotatable bonds is 10. The van der Waals surface area contributed by atoms with Gasteiger partial charge in [-0.15, -0.1) is 0 Å². The van der Waals surface area contributed by atoms with Gasteiger partial charge in [-0.05, 0) is 55.0 Å². The SMILES string of the molecule is CC(C)c1ccccc1N(CC(=O)N(Cc1cccc(Br)c1)C(C)C(=O)NC1CCCCC1)S(C)(=O)=O. The second kappa shape index (κ2) is 12.9. The van der Waals surface area contributed by atoms with Crippen molar-refractivity contribution in [1.29, 1.82) is 0 Å². The Morgan fingerprint density at radius 2 is 1.70 bits per heavy atom. The Morgan fingerprint density at radius 1 is 1.03 bits per heavy atom. The number of sulfonamides is 1. The fourth-order valence-electron chi connectivity index (χ4n) is 4.78. The van der Waals surface area contributed by atoms with E-state index in [1.54, 1.807) is 19.1 Å². The molecule has 1 aliphatic carbocycles. The minimum Gasteiger partial charge on any atom is -0.352 e. The van der Waals surface area contributed by atoms with Crippen LogP contribution in [-0.4, -0.2) is 50.0 Å². The van der Waals surface area contributed by atoms with Crippen LogP contribution in [-0.2, 0) is 26.2 Å².